The average molecular weight is 559 g/mol. The number of piperidine rings is 1. The lowest BCUT2D eigenvalue weighted by molar-refractivity contribution is -0.138. The molecule has 0 bridgehead atoms. The van der Waals surface area contributed by atoms with E-state index in [1.165, 1.54) is 13.3 Å². The first kappa shape index (κ1) is 23.5. The van der Waals surface area contributed by atoms with Crippen LogP contribution in [0.1, 0.15) is 30.1 Å². The van der Waals surface area contributed by atoms with Gasteiger partial charge in [-0.25, -0.2) is 15.0 Å². The van der Waals surface area contributed by atoms with Crippen LogP contribution >= 0.6 is 15.9 Å². The lowest BCUT2D eigenvalue weighted by atomic mass is 10.0. The van der Waals surface area contributed by atoms with E-state index in [0.29, 0.717) is 28.3 Å². The van der Waals surface area contributed by atoms with Crippen LogP contribution in [-0.2, 0) is 16.1 Å². The summed E-state index contributed by atoms with van der Waals surface area (Å²) in [6.45, 7) is 1.56. The van der Waals surface area contributed by atoms with Gasteiger partial charge in [0.25, 0.3) is 0 Å². The molecule has 3 aromatic heterocycles. The van der Waals surface area contributed by atoms with E-state index in [0.717, 1.165) is 28.5 Å². The number of hydrogen-bond donors (Lipinski definition) is 1. The second-order valence-electron chi connectivity index (χ2n) is 9.54. The third-order valence-corrected chi connectivity index (χ3v) is 7.56. The maximum atomic E-state index is 13.6. The highest BCUT2D eigenvalue weighted by atomic mass is 79.9. The molecule has 2 aliphatic rings. The number of rotatable bonds is 6. The summed E-state index contributed by atoms with van der Waals surface area (Å²) in [6, 6.07) is 10.6. The van der Waals surface area contributed by atoms with Gasteiger partial charge in [-0.3, -0.25) is 14.4 Å². The SMILES string of the molecule is CC(=O)c1cn(CC(=O)N2C3C[C@@H]3C[C@H]2C(=O)Nc2cccc(Br)n2)c2ccc(-c3cncnc3)cc12. The van der Waals surface area contributed by atoms with Gasteiger partial charge >= 0.3 is 0 Å². The van der Waals surface area contributed by atoms with Gasteiger partial charge in [0.05, 0.1) is 0 Å². The van der Waals surface area contributed by atoms with Crippen molar-refractivity contribution in [1.29, 1.82) is 0 Å². The molecule has 0 spiro atoms. The Morgan fingerprint density at radius 3 is 2.65 bits per heavy atom. The molecule has 3 atom stereocenters. The molecule has 1 N–H and O–H groups in total. The highest BCUT2D eigenvalue weighted by Gasteiger charge is 2.56. The molecule has 1 aliphatic heterocycles. The maximum Gasteiger partial charge on any atom is 0.248 e. The number of fused-ring (bicyclic) bond motifs is 2. The van der Waals surface area contributed by atoms with Gasteiger partial charge in [0.1, 0.15) is 29.3 Å². The number of nitrogens with one attached hydrogen (secondary N) is 1. The first-order valence-electron chi connectivity index (χ1n) is 12.0. The first-order chi connectivity index (χ1) is 17.9. The molecular formula is C27H23BrN6O3. The van der Waals surface area contributed by atoms with Gasteiger partial charge in [-0.05, 0) is 71.4 Å². The first-order valence-corrected chi connectivity index (χ1v) is 12.8. The van der Waals surface area contributed by atoms with Crippen molar-refractivity contribution in [2.24, 2.45) is 5.92 Å². The predicted molar refractivity (Wildman–Crippen MR) is 141 cm³/mol. The van der Waals surface area contributed by atoms with Crippen LogP contribution in [0.5, 0.6) is 0 Å². The fourth-order valence-corrected chi connectivity index (χ4v) is 5.64. The van der Waals surface area contributed by atoms with Crippen molar-refractivity contribution >= 4 is 50.2 Å². The smallest absolute Gasteiger partial charge is 0.248 e. The number of aromatic nitrogens is 4. The zero-order valence-electron chi connectivity index (χ0n) is 20.0. The van der Waals surface area contributed by atoms with E-state index in [1.54, 1.807) is 46.3 Å². The van der Waals surface area contributed by atoms with Crippen molar-refractivity contribution in [1.82, 2.24) is 24.4 Å². The number of anilines is 1. The minimum Gasteiger partial charge on any atom is -0.337 e. The molecule has 1 saturated carbocycles. The standard InChI is InChI=1S/C27H23BrN6O3/c1-15(35)20-12-33(21-6-5-16(7-19(20)21)18-10-29-14-30-11-18)13-26(36)34-22-8-17(22)9-23(34)27(37)32-25-4-2-3-24(28)31-25/h2-7,10-12,14,17,22-23H,8-9,13H2,1H3,(H,31,32,37)/t17-,22?,23+/m1/s1. The second-order valence-corrected chi connectivity index (χ2v) is 10.3. The summed E-state index contributed by atoms with van der Waals surface area (Å²) in [5, 5.41) is 3.62. The Morgan fingerprint density at radius 2 is 1.89 bits per heavy atom. The van der Waals surface area contributed by atoms with E-state index in [9.17, 15) is 14.4 Å². The molecule has 1 aliphatic carbocycles. The summed E-state index contributed by atoms with van der Waals surface area (Å²) < 4.78 is 2.43. The Hall–Kier alpha value is -3.92. The molecule has 9 nitrogen and oxygen atoms in total. The monoisotopic (exact) mass is 558 g/mol. The number of nitrogens with zero attached hydrogens (tertiary/aromatic N) is 5. The summed E-state index contributed by atoms with van der Waals surface area (Å²) >= 11 is 3.31. The van der Waals surface area contributed by atoms with Crippen LogP contribution in [0.2, 0.25) is 0 Å². The van der Waals surface area contributed by atoms with Gasteiger partial charge in [0, 0.05) is 46.7 Å². The van der Waals surface area contributed by atoms with Crippen molar-refractivity contribution in [2.45, 2.75) is 38.4 Å². The van der Waals surface area contributed by atoms with Gasteiger partial charge in [0.15, 0.2) is 5.78 Å². The van der Waals surface area contributed by atoms with Crippen molar-refractivity contribution in [2.75, 3.05) is 5.32 Å². The molecular weight excluding hydrogens is 536 g/mol. The molecule has 2 amide bonds. The number of carbonyl (C=O) groups excluding carboxylic acids is 3. The van der Waals surface area contributed by atoms with Crippen LogP contribution < -0.4 is 5.32 Å². The number of pyridine rings is 1. The number of carbonyl (C=O) groups is 3. The van der Waals surface area contributed by atoms with Crippen molar-refractivity contribution in [3.05, 3.63) is 71.5 Å². The fraction of sp³-hybridized carbons (Fsp3) is 0.259. The van der Waals surface area contributed by atoms with Crippen LogP contribution in [0.4, 0.5) is 5.82 Å². The van der Waals surface area contributed by atoms with Gasteiger partial charge in [-0.2, -0.15) is 0 Å². The molecule has 1 aromatic carbocycles. The van der Waals surface area contributed by atoms with Gasteiger partial charge in [-0.1, -0.05) is 12.1 Å². The largest absolute Gasteiger partial charge is 0.337 e. The van der Waals surface area contributed by atoms with Crippen molar-refractivity contribution in [3.63, 3.8) is 0 Å². The third-order valence-electron chi connectivity index (χ3n) is 7.12. The van der Waals surface area contributed by atoms with Gasteiger partial charge < -0.3 is 14.8 Å². The molecule has 4 aromatic rings. The van der Waals surface area contributed by atoms with E-state index in [1.807, 2.05) is 18.2 Å². The van der Waals surface area contributed by atoms with Crippen molar-refractivity contribution < 1.29 is 14.4 Å². The number of benzene rings is 1. The van der Waals surface area contributed by atoms with Crippen LogP contribution in [0.15, 0.2) is 65.9 Å². The zero-order valence-corrected chi connectivity index (χ0v) is 21.6. The topological polar surface area (TPSA) is 110 Å². The van der Waals surface area contributed by atoms with E-state index in [4.69, 9.17) is 0 Å². The number of likely N-dealkylation sites (tertiary alicyclic amines) is 1. The molecule has 4 heterocycles. The normalized spacial score (nSPS) is 20.1. The summed E-state index contributed by atoms with van der Waals surface area (Å²) in [5.41, 5.74) is 3.05. The molecule has 1 unspecified atom stereocenters. The molecule has 2 fully saturated rings. The van der Waals surface area contributed by atoms with E-state index >= 15 is 0 Å². The fourth-order valence-electron chi connectivity index (χ4n) is 5.30. The van der Waals surface area contributed by atoms with Gasteiger partial charge in [0.2, 0.25) is 11.8 Å². The summed E-state index contributed by atoms with van der Waals surface area (Å²) in [7, 11) is 0. The highest BCUT2D eigenvalue weighted by molar-refractivity contribution is 9.10. The van der Waals surface area contributed by atoms with Crippen LogP contribution in [0, 0.1) is 5.92 Å². The number of Topliss-reactive ketones (excluding diaryl/α,β-unsaturated/α-hetero) is 1. The second kappa shape index (κ2) is 9.19. The van der Waals surface area contributed by atoms with Crippen LogP contribution in [0.25, 0.3) is 22.0 Å². The van der Waals surface area contributed by atoms with E-state index in [-0.39, 0.29) is 30.2 Å². The third kappa shape index (κ3) is 4.42. The van der Waals surface area contributed by atoms with E-state index in [2.05, 4.69) is 36.2 Å². The van der Waals surface area contributed by atoms with Crippen LogP contribution in [0.3, 0.4) is 0 Å². The summed E-state index contributed by atoms with van der Waals surface area (Å²) in [5.74, 6) is 0.330. The number of hydrogen-bond acceptors (Lipinski definition) is 6. The Balaban J connectivity index is 1.27. The number of ketones is 1. The Morgan fingerprint density at radius 1 is 1.08 bits per heavy atom. The lowest BCUT2D eigenvalue weighted by Gasteiger charge is -2.27. The molecule has 0 radical (unpaired) electrons. The molecule has 1 saturated heterocycles. The highest BCUT2D eigenvalue weighted by Crippen LogP contribution is 2.48. The molecule has 186 valence electrons. The van der Waals surface area contributed by atoms with Crippen LogP contribution in [-0.4, -0.2) is 54.1 Å². The minimum atomic E-state index is -0.546. The Kier molecular flexibility index (Phi) is 5.83. The van der Waals surface area contributed by atoms with Gasteiger partial charge in [-0.15, -0.1) is 0 Å². The Labute approximate surface area is 221 Å². The molecule has 10 heteroatoms. The predicted octanol–water partition coefficient (Wildman–Crippen LogP) is 4.09. The number of halogens is 1. The quantitative estimate of drug-likeness (QED) is 0.282. The number of amides is 2. The lowest BCUT2D eigenvalue weighted by Crippen LogP contribution is -2.46. The summed E-state index contributed by atoms with van der Waals surface area (Å²) in [6.07, 6.45) is 8.20. The molecule has 6 rings (SSSR count). The maximum absolute atomic E-state index is 13.6. The summed E-state index contributed by atoms with van der Waals surface area (Å²) in [4.78, 5) is 53.3. The zero-order chi connectivity index (χ0) is 25.7. The minimum absolute atomic E-state index is 0.0414. The average Bonchev–Trinajstić information content (AvgIpc) is 3.39. The van der Waals surface area contributed by atoms with Crippen molar-refractivity contribution in [3.8, 4) is 11.1 Å². The molecule has 37 heavy (non-hydrogen) atoms. The Bertz CT molecular complexity index is 1550. The van der Waals surface area contributed by atoms with E-state index < -0.39 is 6.04 Å².